The Balaban J connectivity index is 0. The quantitative estimate of drug-likeness (QED) is 0.280. The van der Waals surface area contributed by atoms with Crippen molar-refractivity contribution in [2.75, 3.05) is 6.26 Å². The number of nitrogens with one attached hydrogen (secondary N) is 1. The molecule has 0 aliphatic rings. The van der Waals surface area contributed by atoms with Crippen molar-refractivity contribution in [2.24, 2.45) is 0 Å². The molecule has 0 atom stereocenters. The van der Waals surface area contributed by atoms with Crippen LogP contribution in [-0.4, -0.2) is 68.4 Å². The second-order valence-electron chi connectivity index (χ2n) is 0.808. The first-order valence-corrected chi connectivity index (χ1v) is 3.38. The molecule has 0 fully saturated rings. The summed E-state index contributed by atoms with van der Waals surface area (Å²) in [4.78, 5) is 13.6. The molecule has 0 rings (SSSR count). The van der Waals surface area contributed by atoms with Crippen LogP contribution in [0, 0.1) is 0 Å². The molecule has 0 aromatic rings. The third-order valence-corrected chi connectivity index (χ3v) is 1.41. The zero-order chi connectivity index (χ0) is 6.41. The van der Waals surface area contributed by atoms with E-state index in [-0.39, 0.29) is 57.9 Å². The van der Waals surface area contributed by atoms with Gasteiger partial charge in [0.25, 0.3) is 0 Å². The molecule has 0 aliphatic heterocycles. The summed E-state index contributed by atoms with van der Waals surface area (Å²) >= 11 is 5.89. The Hall–Kier alpha value is 1.35. The van der Waals surface area contributed by atoms with E-state index in [0.29, 0.717) is 4.32 Å². The SMILES string of the molecule is CSC(=S)NOC=O.[KH]. The molecule has 0 saturated heterocycles. The van der Waals surface area contributed by atoms with Crippen molar-refractivity contribution in [1.82, 2.24) is 5.48 Å². The molecule has 0 saturated carbocycles. The van der Waals surface area contributed by atoms with Crippen molar-refractivity contribution in [3.63, 3.8) is 0 Å². The molecule has 0 unspecified atom stereocenters. The number of hydrogen-bond acceptors (Lipinski definition) is 4. The van der Waals surface area contributed by atoms with Crippen LogP contribution in [0.2, 0.25) is 0 Å². The molecule has 3 nitrogen and oxygen atoms in total. The van der Waals surface area contributed by atoms with Crippen molar-refractivity contribution in [2.45, 2.75) is 0 Å². The van der Waals surface area contributed by atoms with Gasteiger partial charge >= 0.3 is 57.9 Å². The summed E-state index contributed by atoms with van der Waals surface area (Å²) in [7, 11) is 0. The molecule has 0 radical (unpaired) electrons. The molecule has 9 heavy (non-hydrogen) atoms. The fourth-order valence-electron chi connectivity index (χ4n) is 0.114. The number of thioether (sulfide) groups is 1. The zero-order valence-corrected chi connectivity index (χ0v) is 5.84. The fourth-order valence-corrected chi connectivity index (χ4v) is 0.293. The van der Waals surface area contributed by atoms with Gasteiger partial charge in [0.1, 0.15) is 0 Å². The maximum atomic E-state index is 9.47. The normalized spacial score (nSPS) is 6.78. The van der Waals surface area contributed by atoms with E-state index in [1.54, 1.807) is 6.26 Å². The number of rotatable bonds is 2. The van der Waals surface area contributed by atoms with E-state index >= 15 is 0 Å². The van der Waals surface area contributed by atoms with Crippen LogP contribution in [0.1, 0.15) is 0 Å². The standard InChI is InChI=1S/C3H5NO2S2.K.H/c1-8-3(7)4-6-2-5;;/h2H,1H3,(H,4,7);;. The van der Waals surface area contributed by atoms with Crippen LogP contribution in [0.15, 0.2) is 0 Å². The second-order valence-corrected chi connectivity index (χ2v) is 2.29. The van der Waals surface area contributed by atoms with Gasteiger partial charge in [-0.05, 0) is 18.5 Å². The van der Waals surface area contributed by atoms with Gasteiger partial charge in [-0.1, -0.05) is 11.8 Å². The number of carbonyl (C=O) groups excluding carboxylic acids is 1. The summed E-state index contributed by atoms with van der Waals surface area (Å²) in [5, 5.41) is 0. The monoisotopic (exact) mass is 191 g/mol. The fraction of sp³-hybridized carbons (Fsp3) is 0.333. The summed E-state index contributed by atoms with van der Waals surface area (Å²) in [6.45, 7) is 0.280. The van der Waals surface area contributed by atoms with Gasteiger partial charge in [-0.3, -0.25) is 4.79 Å². The van der Waals surface area contributed by atoms with Crippen LogP contribution in [0.25, 0.3) is 0 Å². The van der Waals surface area contributed by atoms with Crippen LogP contribution in [0.3, 0.4) is 0 Å². The molecule has 48 valence electrons. The van der Waals surface area contributed by atoms with E-state index in [2.05, 4.69) is 22.5 Å². The van der Waals surface area contributed by atoms with Gasteiger partial charge in [-0.2, -0.15) is 0 Å². The molecule has 0 amide bonds. The van der Waals surface area contributed by atoms with Crippen molar-refractivity contribution in [3.8, 4) is 0 Å². The number of hydroxylamine groups is 1. The van der Waals surface area contributed by atoms with Crippen LogP contribution in [0.5, 0.6) is 0 Å². The summed E-state index contributed by atoms with van der Waals surface area (Å²) < 4.78 is 0.442. The number of carbonyl (C=O) groups is 1. The summed E-state index contributed by atoms with van der Waals surface area (Å²) in [5.41, 5.74) is 2.21. The predicted octanol–water partition coefficient (Wildman–Crippen LogP) is -0.337. The van der Waals surface area contributed by atoms with Crippen LogP contribution in [-0.2, 0) is 9.63 Å². The summed E-state index contributed by atoms with van der Waals surface area (Å²) in [6.07, 6.45) is 1.78. The average molecular weight is 191 g/mol. The van der Waals surface area contributed by atoms with E-state index in [1.807, 2.05) is 0 Å². The first-order chi connectivity index (χ1) is 3.81. The predicted molar refractivity (Wildman–Crippen MR) is 43.5 cm³/mol. The van der Waals surface area contributed by atoms with E-state index in [1.165, 1.54) is 11.8 Å². The molecule has 0 aliphatic carbocycles. The van der Waals surface area contributed by atoms with Gasteiger partial charge in [0.05, 0.1) is 0 Å². The zero-order valence-electron chi connectivity index (χ0n) is 4.21. The van der Waals surface area contributed by atoms with E-state index in [0.717, 1.165) is 0 Å². The van der Waals surface area contributed by atoms with Gasteiger partial charge in [0.2, 0.25) is 0 Å². The first kappa shape index (κ1) is 13.0. The Bertz CT molecular complexity index is 99.8. The first-order valence-electron chi connectivity index (χ1n) is 1.74. The summed E-state index contributed by atoms with van der Waals surface area (Å²) in [6, 6.07) is 0. The molecule has 0 aromatic carbocycles. The molecule has 0 heterocycles. The van der Waals surface area contributed by atoms with Crippen molar-refractivity contribution in [1.29, 1.82) is 0 Å². The van der Waals surface area contributed by atoms with Gasteiger partial charge in [-0.15, -0.1) is 0 Å². The van der Waals surface area contributed by atoms with Crippen molar-refractivity contribution in [3.05, 3.63) is 0 Å². The van der Waals surface area contributed by atoms with Crippen LogP contribution in [0.4, 0.5) is 0 Å². The Morgan fingerprint density at radius 2 is 2.44 bits per heavy atom. The van der Waals surface area contributed by atoms with E-state index < -0.39 is 0 Å². The topological polar surface area (TPSA) is 38.3 Å². The number of thiocarbonyl (C=S) groups is 1. The molecule has 1 N–H and O–H groups in total. The van der Waals surface area contributed by atoms with Gasteiger partial charge in [0.15, 0.2) is 4.32 Å². The third kappa shape index (κ3) is 9.35. The Morgan fingerprint density at radius 1 is 1.89 bits per heavy atom. The van der Waals surface area contributed by atoms with E-state index in [4.69, 9.17) is 0 Å². The molecule has 0 aromatic heterocycles. The Morgan fingerprint density at radius 3 is 2.78 bits per heavy atom. The molecule has 0 spiro atoms. The molecular formula is C3H6KNO2S2. The molecule has 6 heteroatoms. The van der Waals surface area contributed by atoms with Gasteiger partial charge in [0, 0.05) is 0 Å². The van der Waals surface area contributed by atoms with Gasteiger partial charge < -0.3 is 4.84 Å². The third-order valence-electron chi connectivity index (χ3n) is 0.376. The maximum absolute atomic E-state index is 9.47. The van der Waals surface area contributed by atoms with E-state index in [9.17, 15) is 4.79 Å². The minimum atomic E-state index is 0. The van der Waals surface area contributed by atoms with Crippen molar-refractivity contribution >= 4 is 86.2 Å². The van der Waals surface area contributed by atoms with Crippen LogP contribution < -0.4 is 5.48 Å². The molecular weight excluding hydrogens is 185 g/mol. The van der Waals surface area contributed by atoms with Gasteiger partial charge in [-0.25, -0.2) is 5.48 Å². The Kier molecular flexibility index (Phi) is 13.5. The molecule has 0 bridgehead atoms. The van der Waals surface area contributed by atoms with Crippen LogP contribution >= 0.6 is 24.0 Å². The average Bonchev–Trinajstić information content (AvgIpc) is 1.83. The van der Waals surface area contributed by atoms with Crippen molar-refractivity contribution < 1.29 is 9.63 Å². The minimum absolute atomic E-state index is 0. The number of hydrogen-bond donors (Lipinski definition) is 1. The second kappa shape index (κ2) is 9.35. The Labute approximate surface area is 106 Å². The summed E-state index contributed by atoms with van der Waals surface area (Å²) in [5.74, 6) is 0.